The van der Waals surface area contributed by atoms with Crippen molar-refractivity contribution >= 4 is 17.3 Å². The molecule has 0 atom stereocenters. The van der Waals surface area contributed by atoms with Crippen LogP contribution in [0, 0.1) is 10.1 Å². The number of aromatic hydroxyl groups is 1. The van der Waals surface area contributed by atoms with E-state index >= 15 is 0 Å². The quantitative estimate of drug-likeness (QED) is 0.462. The highest BCUT2D eigenvalue weighted by Crippen LogP contribution is 2.30. The number of rotatable bonds is 6. The summed E-state index contributed by atoms with van der Waals surface area (Å²) in [7, 11) is 2.70. The fraction of sp³-hybridized carbons (Fsp3) is 0.105. The summed E-state index contributed by atoms with van der Waals surface area (Å²) in [6.07, 6.45) is 0. The Balaban J connectivity index is 2.01. The van der Waals surface area contributed by atoms with E-state index in [0.29, 0.717) is 5.75 Å². The van der Waals surface area contributed by atoms with Crippen LogP contribution in [-0.2, 0) is 0 Å². The Morgan fingerprint density at radius 2 is 1.83 bits per heavy atom. The van der Waals surface area contributed by atoms with Crippen molar-refractivity contribution in [3.05, 3.63) is 74.7 Å². The van der Waals surface area contributed by atoms with E-state index in [1.54, 1.807) is 24.3 Å². The number of anilines is 1. The number of nitro groups is 1. The van der Waals surface area contributed by atoms with E-state index in [2.05, 4.69) is 10.4 Å². The number of amides is 1. The van der Waals surface area contributed by atoms with Crippen LogP contribution in [0.3, 0.4) is 0 Å². The molecule has 0 fully saturated rings. The lowest BCUT2D eigenvalue weighted by Crippen LogP contribution is -2.25. The first-order chi connectivity index (χ1) is 14.3. The minimum atomic E-state index is -0.858. The highest BCUT2D eigenvalue weighted by molar-refractivity contribution is 6.05. The smallest absolute Gasteiger partial charge is 0.280 e. The van der Waals surface area contributed by atoms with Crippen molar-refractivity contribution in [2.75, 3.05) is 19.5 Å². The number of ether oxygens (including phenoxy) is 2. The second kappa shape index (κ2) is 8.31. The summed E-state index contributed by atoms with van der Waals surface area (Å²) in [5.74, 6) is -1.12. The number of nitrogens with one attached hydrogen (secondary N) is 1. The molecule has 11 nitrogen and oxygen atoms in total. The summed E-state index contributed by atoms with van der Waals surface area (Å²) >= 11 is 0. The summed E-state index contributed by atoms with van der Waals surface area (Å²) in [6, 6.07) is 11.0. The molecule has 1 amide bonds. The number of benzene rings is 2. The molecule has 2 N–H and O–H groups in total. The second-order valence-electron chi connectivity index (χ2n) is 5.90. The average molecular weight is 412 g/mol. The van der Waals surface area contributed by atoms with E-state index in [0.717, 1.165) is 16.8 Å². The lowest BCUT2D eigenvalue weighted by Gasteiger charge is -2.13. The molecule has 0 radical (unpaired) electrons. The minimum absolute atomic E-state index is 0.0371. The van der Waals surface area contributed by atoms with Gasteiger partial charge in [-0.05, 0) is 18.2 Å². The maximum Gasteiger partial charge on any atom is 0.280 e. The van der Waals surface area contributed by atoms with Crippen LogP contribution >= 0.6 is 0 Å². The van der Waals surface area contributed by atoms with Crippen molar-refractivity contribution in [2.24, 2.45) is 0 Å². The van der Waals surface area contributed by atoms with Crippen LogP contribution in [0.1, 0.15) is 10.5 Å². The van der Waals surface area contributed by atoms with Gasteiger partial charge in [-0.3, -0.25) is 19.7 Å². The molecule has 3 aromatic rings. The standard InChI is InChI=1S/C19H16N4O7/c1-29-15-6-4-3-5-13(15)22-17(25)10-14(24)18(21-22)19(26)20-12-8-7-11(23(27)28)9-16(12)30-2/h3-10,24H,1-2H3,(H,20,26). The predicted octanol–water partition coefficient (Wildman–Crippen LogP) is 2.12. The van der Waals surface area contributed by atoms with E-state index in [9.17, 15) is 24.8 Å². The summed E-state index contributed by atoms with van der Waals surface area (Å²) in [5, 5.41) is 27.4. The van der Waals surface area contributed by atoms with Crippen molar-refractivity contribution in [2.45, 2.75) is 0 Å². The molecule has 1 aromatic heterocycles. The molecule has 0 spiro atoms. The van der Waals surface area contributed by atoms with Gasteiger partial charge in [0.15, 0.2) is 11.4 Å². The van der Waals surface area contributed by atoms with Gasteiger partial charge in [0, 0.05) is 12.1 Å². The number of non-ortho nitro benzene ring substituents is 1. The first kappa shape index (κ1) is 20.3. The van der Waals surface area contributed by atoms with Gasteiger partial charge < -0.3 is 19.9 Å². The van der Waals surface area contributed by atoms with Gasteiger partial charge >= 0.3 is 0 Å². The number of para-hydroxylation sites is 2. The number of carbonyl (C=O) groups is 1. The van der Waals surface area contributed by atoms with Crippen LogP contribution in [0.2, 0.25) is 0 Å². The zero-order valence-corrected chi connectivity index (χ0v) is 15.9. The van der Waals surface area contributed by atoms with Crippen molar-refractivity contribution in [3.63, 3.8) is 0 Å². The van der Waals surface area contributed by atoms with Crippen LogP contribution < -0.4 is 20.3 Å². The fourth-order valence-corrected chi connectivity index (χ4v) is 2.66. The molecular formula is C19H16N4O7. The SMILES string of the molecule is COc1cc([N+](=O)[O-])ccc1NC(=O)c1nn(-c2ccccc2OC)c(=O)cc1O. The molecule has 0 unspecified atom stereocenters. The van der Waals surface area contributed by atoms with Gasteiger partial charge in [-0.25, -0.2) is 0 Å². The van der Waals surface area contributed by atoms with Crippen molar-refractivity contribution in [3.8, 4) is 22.9 Å². The molecule has 30 heavy (non-hydrogen) atoms. The van der Waals surface area contributed by atoms with Crippen LogP contribution in [0.4, 0.5) is 11.4 Å². The number of methoxy groups -OCH3 is 2. The third-order valence-corrected chi connectivity index (χ3v) is 4.08. The molecule has 11 heteroatoms. The summed E-state index contributed by atoms with van der Waals surface area (Å²) in [6.45, 7) is 0. The average Bonchev–Trinajstić information content (AvgIpc) is 2.73. The molecule has 0 saturated carbocycles. The van der Waals surface area contributed by atoms with Crippen LogP contribution in [0.5, 0.6) is 17.2 Å². The maximum absolute atomic E-state index is 12.7. The Bertz CT molecular complexity index is 1190. The first-order valence-electron chi connectivity index (χ1n) is 8.46. The van der Waals surface area contributed by atoms with Gasteiger partial charge in [-0.1, -0.05) is 12.1 Å². The predicted molar refractivity (Wildman–Crippen MR) is 106 cm³/mol. The Morgan fingerprint density at radius 3 is 2.50 bits per heavy atom. The monoisotopic (exact) mass is 412 g/mol. The van der Waals surface area contributed by atoms with Gasteiger partial charge in [-0.15, -0.1) is 0 Å². The van der Waals surface area contributed by atoms with Crippen molar-refractivity contribution in [1.82, 2.24) is 9.78 Å². The summed E-state index contributed by atoms with van der Waals surface area (Å²) in [5.41, 5.74) is -0.964. The number of hydrogen-bond donors (Lipinski definition) is 2. The lowest BCUT2D eigenvalue weighted by molar-refractivity contribution is -0.384. The molecule has 154 valence electrons. The van der Waals surface area contributed by atoms with Crippen molar-refractivity contribution in [1.29, 1.82) is 0 Å². The van der Waals surface area contributed by atoms with Crippen LogP contribution in [0.25, 0.3) is 5.69 Å². The van der Waals surface area contributed by atoms with Gasteiger partial charge in [0.25, 0.3) is 17.2 Å². The zero-order chi connectivity index (χ0) is 21.8. The Hall–Kier alpha value is -4.41. The van der Waals surface area contributed by atoms with Crippen LogP contribution in [-0.4, -0.2) is 39.9 Å². The molecule has 0 saturated heterocycles. The van der Waals surface area contributed by atoms with E-state index < -0.39 is 27.8 Å². The molecule has 0 aliphatic carbocycles. The topological polar surface area (TPSA) is 146 Å². The molecule has 0 aliphatic rings. The highest BCUT2D eigenvalue weighted by atomic mass is 16.6. The molecular weight excluding hydrogens is 396 g/mol. The lowest BCUT2D eigenvalue weighted by atomic mass is 10.2. The summed E-state index contributed by atoms with van der Waals surface area (Å²) in [4.78, 5) is 35.3. The van der Waals surface area contributed by atoms with Gasteiger partial charge in [0.1, 0.15) is 17.2 Å². The van der Waals surface area contributed by atoms with E-state index in [1.807, 2.05) is 0 Å². The Kier molecular flexibility index (Phi) is 5.63. The Morgan fingerprint density at radius 1 is 1.13 bits per heavy atom. The first-order valence-corrected chi connectivity index (χ1v) is 8.46. The normalized spacial score (nSPS) is 10.3. The molecule has 3 rings (SSSR count). The largest absolute Gasteiger partial charge is 0.505 e. The zero-order valence-electron chi connectivity index (χ0n) is 15.9. The van der Waals surface area contributed by atoms with Crippen molar-refractivity contribution < 1.29 is 24.3 Å². The molecule has 0 bridgehead atoms. The van der Waals surface area contributed by atoms with Gasteiger partial charge in [-0.2, -0.15) is 9.78 Å². The fourth-order valence-electron chi connectivity index (χ4n) is 2.66. The van der Waals surface area contributed by atoms with E-state index in [-0.39, 0.29) is 22.8 Å². The van der Waals surface area contributed by atoms with E-state index in [1.165, 1.54) is 26.4 Å². The number of nitro benzene ring substituents is 1. The number of aromatic nitrogens is 2. The molecule has 0 aliphatic heterocycles. The third kappa shape index (κ3) is 3.90. The van der Waals surface area contributed by atoms with Crippen LogP contribution in [0.15, 0.2) is 53.3 Å². The van der Waals surface area contributed by atoms with Gasteiger partial charge in [0.2, 0.25) is 0 Å². The number of nitrogens with zero attached hydrogens (tertiary/aromatic N) is 3. The number of hydrogen-bond acceptors (Lipinski definition) is 8. The third-order valence-electron chi connectivity index (χ3n) is 4.08. The number of carbonyl (C=O) groups excluding carboxylic acids is 1. The molecule has 2 aromatic carbocycles. The van der Waals surface area contributed by atoms with Gasteiger partial charge in [0.05, 0.1) is 30.9 Å². The Labute approximate surface area is 169 Å². The second-order valence-corrected chi connectivity index (χ2v) is 5.90. The molecule has 1 heterocycles. The summed E-state index contributed by atoms with van der Waals surface area (Å²) < 4.78 is 11.2. The van der Waals surface area contributed by atoms with E-state index in [4.69, 9.17) is 9.47 Å². The maximum atomic E-state index is 12.7. The minimum Gasteiger partial charge on any atom is -0.505 e. The highest BCUT2D eigenvalue weighted by Gasteiger charge is 2.20.